The molecule has 5 heteroatoms. The van der Waals surface area contributed by atoms with E-state index in [0.29, 0.717) is 23.8 Å². The molecule has 3 rings (SSSR count). The molecule has 0 unspecified atom stereocenters. The molecule has 0 aliphatic rings. The highest BCUT2D eigenvalue weighted by atomic mass is 16.5. The van der Waals surface area contributed by atoms with Crippen molar-refractivity contribution in [1.29, 1.82) is 0 Å². The maximum Gasteiger partial charge on any atom is 0.206 e. The van der Waals surface area contributed by atoms with E-state index in [1.54, 1.807) is 23.0 Å². The topological polar surface area (TPSA) is 57.3 Å². The van der Waals surface area contributed by atoms with Gasteiger partial charge >= 0.3 is 0 Å². The van der Waals surface area contributed by atoms with Crippen LogP contribution in [0.3, 0.4) is 0 Å². The molecule has 1 aromatic carbocycles. The van der Waals surface area contributed by atoms with Crippen LogP contribution in [-0.2, 0) is 13.2 Å². The Labute approximate surface area is 146 Å². The van der Waals surface area contributed by atoms with Gasteiger partial charge in [-0.3, -0.25) is 9.48 Å². The summed E-state index contributed by atoms with van der Waals surface area (Å²) in [7, 11) is 0. The molecule has 128 valence electrons. The molecule has 0 atom stereocenters. The van der Waals surface area contributed by atoms with Gasteiger partial charge in [0.15, 0.2) is 0 Å². The summed E-state index contributed by atoms with van der Waals surface area (Å²) < 4.78 is 13.1. The summed E-state index contributed by atoms with van der Waals surface area (Å²) in [5.41, 5.74) is 1.50. The minimum atomic E-state index is -0.152. The Bertz CT molecular complexity index is 890. The number of hydrogen-bond acceptors (Lipinski definition) is 4. The first-order valence-electron chi connectivity index (χ1n) is 8.18. The summed E-state index contributed by atoms with van der Waals surface area (Å²) in [6.07, 6.45) is 4.90. The number of ether oxygens (including phenoxy) is 1. The minimum Gasteiger partial charge on any atom is -0.485 e. The first-order chi connectivity index (χ1) is 12.2. The van der Waals surface area contributed by atoms with E-state index in [1.807, 2.05) is 50.2 Å². The average molecular weight is 336 g/mol. The van der Waals surface area contributed by atoms with Gasteiger partial charge in [0.25, 0.3) is 0 Å². The van der Waals surface area contributed by atoms with Crippen LogP contribution in [0.4, 0.5) is 0 Å². The molecule has 0 saturated carbocycles. The maximum absolute atomic E-state index is 12.1. The number of para-hydroxylation sites is 1. The van der Waals surface area contributed by atoms with Gasteiger partial charge in [-0.05, 0) is 55.8 Å². The largest absolute Gasteiger partial charge is 0.485 e. The van der Waals surface area contributed by atoms with E-state index in [4.69, 9.17) is 9.15 Å². The molecular formula is C20H20N2O3. The Kier molecular flexibility index (Phi) is 5.14. The van der Waals surface area contributed by atoms with Crippen molar-refractivity contribution in [3.8, 4) is 5.75 Å². The molecule has 0 fully saturated rings. The molecule has 2 aromatic heterocycles. The van der Waals surface area contributed by atoms with Crippen LogP contribution in [0.1, 0.15) is 34.5 Å². The first kappa shape index (κ1) is 16.8. The SMILES string of the molecule is CCn1ccc(C(=O)/C=C/c2ccc(COc3ccccc3C)o2)n1. The van der Waals surface area contributed by atoms with Gasteiger partial charge in [0.05, 0.1) is 0 Å². The Morgan fingerprint density at radius 1 is 1.24 bits per heavy atom. The third-order valence-corrected chi connectivity index (χ3v) is 3.76. The molecule has 0 aliphatic heterocycles. The van der Waals surface area contributed by atoms with Gasteiger partial charge in [0.2, 0.25) is 5.78 Å². The lowest BCUT2D eigenvalue weighted by Crippen LogP contribution is -1.99. The lowest BCUT2D eigenvalue weighted by molar-refractivity contribution is 0.104. The number of benzene rings is 1. The van der Waals surface area contributed by atoms with E-state index >= 15 is 0 Å². The van der Waals surface area contributed by atoms with Crippen molar-refractivity contribution in [3.63, 3.8) is 0 Å². The zero-order valence-corrected chi connectivity index (χ0v) is 14.3. The Balaban J connectivity index is 1.59. The number of carbonyl (C=O) groups excluding carboxylic acids is 1. The zero-order chi connectivity index (χ0) is 17.6. The van der Waals surface area contributed by atoms with Crippen molar-refractivity contribution < 1.29 is 13.9 Å². The third-order valence-electron chi connectivity index (χ3n) is 3.76. The lowest BCUT2D eigenvalue weighted by Gasteiger charge is -2.06. The van der Waals surface area contributed by atoms with Crippen molar-refractivity contribution in [3.05, 3.63) is 77.5 Å². The van der Waals surface area contributed by atoms with Crippen molar-refractivity contribution in [2.45, 2.75) is 27.0 Å². The molecule has 2 heterocycles. The van der Waals surface area contributed by atoms with E-state index in [1.165, 1.54) is 6.08 Å². The van der Waals surface area contributed by atoms with Crippen LogP contribution in [0.2, 0.25) is 0 Å². The van der Waals surface area contributed by atoms with E-state index < -0.39 is 0 Å². The van der Waals surface area contributed by atoms with Crippen LogP contribution >= 0.6 is 0 Å². The fourth-order valence-corrected chi connectivity index (χ4v) is 2.34. The number of aryl methyl sites for hydroxylation is 2. The van der Waals surface area contributed by atoms with E-state index in [9.17, 15) is 4.79 Å². The molecule has 0 amide bonds. The molecule has 0 N–H and O–H groups in total. The Hall–Kier alpha value is -3.08. The van der Waals surface area contributed by atoms with Crippen molar-refractivity contribution in [2.24, 2.45) is 0 Å². The van der Waals surface area contributed by atoms with Crippen molar-refractivity contribution >= 4 is 11.9 Å². The number of allylic oxidation sites excluding steroid dienone is 1. The second-order valence-corrected chi connectivity index (χ2v) is 5.61. The van der Waals surface area contributed by atoms with Crippen molar-refractivity contribution in [2.75, 3.05) is 0 Å². The highest BCUT2D eigenvalue weighted by Crippen LogP contribution is 2.19. The highest BCUT2D eigenvalue weighted by Gasteiger charge is 2.07. The fourth-order valence-electron chi connectivity index (χ4n) is 2.34. The predicted octanol–water partition coefficient (Wildman–Crippen LogP) is 4.28. The third kappa shape index (κ3) is 4.26. The molecule has 3 aromatic rings. The number of ketones is 1. The van der Waals surface area contributed by atoms with Gasteiger partial charge in [-0.15, -0.1) is 0 Å². The minimum absolute atomic E-state index is 0.152. The lowest BCUT2D eigenvalue weighted by atomic mass is 10.2. The predicted molar refractivity (Wildman–Crippen MR) is 95.5 cm³/mol. The normalized spacial score (nSPS) is 11.1. The summed E-state index contributed by atoms with van der Waals surface area (Å²) in [6, 6.07) is 13.2. The standard InChI is InChI=1S/C20H20N2O3/c1-3-22-13-12-18(21-22)19(23)11-10-16-8-9-17(25-16)14-24-20-7-5-4-6-15(20)2/h4-13H,3,14H2,1-2H3/b11-10+. The summed E-state index contributed by atoms with van der Waals surface area (Å²) in [6.45, 7) is 5.05. The molecule has 0 spiro atoms. The van der Waals surface area contributed by atoms with Crippen LogP contribution < -0.4 is 4.74 Å². The number of aromatic nitrogens is 2. The van der Waals surface area contributed by atoms with Gasteiger partial charge in [0, 0.05) is 12.7 Å². The number of carbonyl (C=O) groups is 1. The molecule has 5 nitrogen and oxygen atoms in total. The molecule has 0 radical (unpaired) electrons. The summed E-state index contributed by atoms with van der Waals surface area (Å²) in [4.78, 5) is 12.1. The number of nitrogens with zero attached hydrogens (tertiary/aromatic N) is 2. The zero-order valence-electron chi connectivity index (χ0n) is 14.3. The maximum atomic E-state index is 12.1. The quantitative estimate of drug-likeness (QED) is 0.477. The molecule has 0 saturated heterocycles. The first-order valence-corrected chi connectivity index (χ1v) is 8.18. The fraction of sp³-hybridized carbons (Fsp3) is 0.200. The monoisotopic (exact) mass is 336 g/mol. The molecule has 0 bridgehead atoms. The number of hydrogen-bond donors (Lipinski definition) is 0. The van der Waals surface area contributed by atoms with Gasteiger partial charge in [-0.2, -0.15) is 5.10 Å². The van der Waals surface area contributed by atoms with E-state index in [0.717, 1.165) is 17.9 Å². The van der Waals surface area contributed by atoms with Gasteiger partial charge in [-0.1, -0.05) is 18.2 Å². The molecule has 0 aliphatic carbocycles. The van der Waals surface area contributed by atoms with Crippen LogP contribution in [0.25, 0.3) is 6.08 Å². The van der Waals surface area contributed by atoms with Gasteiger partial charge in [0.1, 0.15) is 29.6 Å². The van der Waals surface area contributed by atoms with Gasteiger partial charge < -0.3 is 9.15 Å². The number of furan rings is 1. The molecule has 25 heavy (non-hydrogen) atoms. The second-order valence-electron chi connectivity index (χ2n) is 5.61. The Morgan fingerprint density at radius 2 is 2.08 bits per heavy atom. The van der Waals surface area contributed by atoms with Crippen LogP contribution in [0.5, 0.6) is 5.75 Å². The highest BCUT2D eigenvalue weighted by molar-refractivity contribution is 6.05. The van der Waals surface area contributed by atoms with Crippen LogP contribution in [0, 0.1) is 6.92 Å². The smallest absolute Gasteiger partial charge is 0.206 e. The number of rotatable bonds is 7. The second kappa shape index (κ2) is 7.66. The van der Waals surface area contributed by atoms with E-state index in [2.05, 4.69) is 5.10 Å². The molecular weight excluding hydrogens is 316 g/mol. The Morgan fingerprint density at radius 3 is 2.84 bits per heavy atom. The van der Waals surface area contributed by atoms with Crippen LogP contribution in [-0.4, -0.2) is 15.6 Å². The summed E-state index contributed by atoms with van der Waals surface area (Å²) in [5.74, 6) is 1.98. The van der Waals surface area contributed by atoms with Crippen molar-refractivity contribution in [1.82, 2.24) is 9.78 Å². The summed E-state index contributed by atoms with van der Waals surface area (Å²) in [5, 5.41) is 4.18. The van der Waals surface area contributed by atoms with Crippen LogP contribution in [0.15, 0.2) is 59.2 Å². The van der Waals surface area contributed by atoms with Gasteiger partial charge in [-0.25, -0.2) is 0 Å². The average Bonchev–Trinajstić information content (AvgIpc) is 3.28. The van der Waals surface area contributed by atoms with E-state index in [-0.39, 0.29) is 5.78 Å². The summed E-state index contributed by atoms with van der Waals surface area (Å²) >= 11 is 0.